The normalized spacial score (nSPS) is 13.8. The van der Waals surface area contributed by atoms with Crippen LogP contribution in [0.5, 0.6) is 0 Å². The molecule has 0 aliphatic carbocycles. The van der Waals surface area contributed by atoms with Gasteiger partial charge in [-0.1, -0.05) is 35.3 Å². The number of rotatable bonds is 3. The maximum Gasteiger partial charge on any atom is 0.148 e. The van der Waals surface area contributed by atoms with Crippen LogP contribution in [0, 0.1) is 0 Å². The fourth-order valence-electron chi connectivity index (χ4n) is 3.33. The van der Waals surface area contributed by atoms with Gasteiger partial charge in [0.05, 0.1) is 10.5 Å². The molecule has 1 aliphatic heterocycles. The molecule has 0 unspecified atom stereocenters. The number of aromatic nitrogens is 1. The number of pyridine rings is 1. The van der Waals surface area contributed by atoms with Gasteiger partial charge in [0, 0.05) is 48.7 Å². The zero-order valence-corrected chi connectivity index (χ0v) is 18.3. The summed E-state index contributed by atoms with van der Waals surface area (Å²) in [6.45, 7) is 4.21. The van der Waals surface area contributed by atoms with E-state index in [1.54, 1.807) is 0 Å². The molecule has 1 fully saturated rings. The summed E-state index contributed by atoms with van der Waals surface area (Å²) in [4.78, 5) is 7.03. The molecule has 8 heteroatoms. The van der Waals surface area contributed by atoms with Gasteiger partial charge in [0.2, 0.25) is 0 Å². The SMILES string of the molecule is Cl.Cl.NCc1ccc(Cl)c(-c2ccc3nc(N4CCNCC4)c(Cl)cc3c2)c1. The Morgan fingerprint density at radius 2 is 1.71 bits per heavy atom. The second-order valence-electron chi connectivity index (χ2n) is 6.46. The Balaban J connectivity index is 0.00000140. The summed E-state index contributed by atoms with van der Waals surface area (Å²) in [5.41, 5.74) is 9.75. The van der Waals surface area contributed by atoms with E-state index in [4.69, 9.17) is 33.9 Å². The summed E-state index contributed by atoms with van der Waals surface area (Å²) in [6, 6.07) is 14.0. The lowest BCUT2D eigenvalue weighted by Gasteiger charge is -2.29. The van der Waals surface area contributed by atoms with Gasteiger partial charge in [-0.25, -0.2) is 4.98 Å². The first-order valence-corrected chi connectivity index (χ1v) is 9.46. The van der Waals surface area contributed by atoms with Crippen molar-refractivity contribution in [3.63, 3.8) is 0 Å². The van der Waals surface area contributed by atoms with Crippen LogP contribution in [0.15, 0.2) is 42.5 Å². The summed E-state index contributed by atoms with van der Waals surface area (Å²) in [5, 5.41) is 5.73. The summed E-state index contributed by atoms with van der Waals surface area (Å²) in [6.07, 6.45) is 0. The molecule has 3 N–H and O–H groups in total. The molecule has 28 heavy (non-hydrogen) atoms. The molecule has 0 saturated carbocycles. The van der Waals surface area contributed by atoms with Gasteiger partial charge in [-0.3, -0.25) is 0 Å². The highest BCUT2D eigenvalue weighted by atomic mass is 35.5. The van der Waals surface area contributed by atoms with Gasteiger partial charge >= 0.3 is 0 Å². The van der Waals surface area contributed by atoms with Crippen LogP contribution in [0.2, 0.25) is 10.0 Å². The predicted octanol–water partition coefficient (Wildman–Crippen LogP) is 4.92. The van der Waals surface area contributed by atoms with Crippen LogP contribution in [0.3, 0.4) is 0 Å². The third-order valence-corrected chi connectivity index (χ3v) is 5.35. The first-order valence-electron chi connectivity index (χ1n) is 8.70. The van der Waals surface area contributed by atoms with Gasteiger partial charge in [0.15, 0.2) is 0 Å². The number of hydrogen-bond acceptors (Lipinski definition) is 4. The fourth-order valence-corrected chi connectivity index (χ4v) is 3.83. The molecule has 2 heterocycles. The minimum absolute atomic E-state index is 0. The maximum atomic E-state index is 6.55. The Kier molecular flexibility index (Phi) is 8.19. The number of anilines is 1. The molecule has 4 nitrogen and oxygen atoms in total. The fraction of sp³-hybridized carbons (Fsp3) is 0.250. The number of nitrogens with zero attached hydrogens (tertiary/aromatic N) is 2. The van der Waals surface area contributed by atoms with E-state index in [2.05, 4.69) is 16.3 Å². The van der Waals surface area contributed by atoms with Crippen molar-refractivity contribution in [1.29, 1.82) is 0 Å². The maximum absolute atomic E-state index is 6.55. The highest BCUT2D eigenvalue weighted by Gasteiger charge is 2.16. The molecular weight excluding hydrogens is 438 g/mol. The summed E-state index contributed by atoms with van der Waals surface area (Å²) < 4.78 is 0. The number of halogens is 4. The van der Waals surface area contributed by atoms with Crippen LogP contribution in [-0.2, 0) is 6.54 Å². The lowest BCUT2D eigenvalue weighted by Crippen LogP contribution is -2.44. The van der Waals surface area contributed by atoms with E-state index < -0.39 is 0 Å². The molecular formula is C20H22Cl4N4. The van der Waals surface area contributed by atoms with Gasteiger partial charge in [-0.2, -0.15) is 0 Å². The number of piperazine rings is 1. The minimum atomic E-state index is 0. The van der Waals surface area contributed by atoms with Crippen LogP contribution >= 0.6 is 48.0 Å². The quantitative estimate of drug-likeness (QED) is 0.583. The van der Waals surface area contributed by atoms with Gasteiger partial charge in [0.1, 0.15) is 5.82 Å². The largest absolute Gasteiger partial charge is 0.353 e. The molecule has 0 radical (unpaired) electrons. The molecule has 2 aromatic carbocycles. The van der Waals surface area contributed by atoms with Crippen molar-refractivity contribution in [2.24, 2.45) is 5.73 Å². The number of nitrogens with two attached hydrogens (primary N) is 1. The third kappa shape index (κ3) is 4.65. The van der Waals surface area contributed by atoms with Gasteiger partial charge < -0.3 is 16.0 Å². The zero-order valence-electron chi connectivity index (χ0n) is 15.1. The summed E-state index contributed by atoms with van der Waals surface area (Å²) in [7, 11) is 0. The van der Waals surface area contributed by atoms with Crippen molar-refractivity contribution in [3.8, 4) is 11.1 Å². The number of benzene rings is 2. The first-order chi connectivity index (χ1) is 12.7. The molecule has 0 spiro atoms. The van der Waals surface area contributed by atoms with Gasteiger partial charge in [0.25, 0.3) is 0 Å². The van der Waals surface area contributed by atoms with Crippen LogP contribution in [-0.4, -0.2) is 31.2 Å². The van der Waals surface area contributed by atoms with Crippen LogP contribution < -0.4 is 16.0 Å². The number of nitrogens with one attached hydrogen (secondary N) is 1. The van der Waals surface area contributed by atoms with Crippen molar-refractivity contribution in [3.05, 3.63) is 58.1 Å². The Morgan fingerprint density at radius 1 is 0.964 bits per heavy atom. The van der Waals surface area contributed by atoms with Crippen LogP contribution in [0.4, 0.5) is 5.82 Å². The van der Waals surface area contributed by atoms with E-state index in [9.17, 15) is 0 Å². The van der Waals surface area contributed by atoms with Crippen LogP contribution in [0.1, 0.15) is 5.56 Å². The number of hydrogen-bond donors (Lipinski definition) is 2. The molecule has 150 valence electrons. The first kappa shape index (κ1) is 23.0. The molecule has 0 bridgehead atoms. The van der Waals surface area contributed by atoms with Crippen molar-refractivity contribution < 1.29 is 0 Å². The Morgan fingerprint density at radius 3 is 2.43 bits per heavy atom. The van der Waals surface area contributed by atoms with E-state index in [0.717, 1.165) is 59.6 Å². The smallest absolute Gasteiger partial charge is 0.148 e. The molecule has 1 saturated heterocycles. The summed E-state index contributed by atoms with van der Waals surface area (Å²) >= 11 is 12.9. The highest BCUT2D eigenvalue weighted by molar-refractivity contribution is 6.34. The topological polar surface area (TPSA) is 54.2 Å². The number of fused-ring (bicyclic) bond motifs is 1. The lowest BCUT2D eigenvalue weighted by atomic mass is 10.0. The van der Waals surface area contributed by atoms with Crippen molar-refractivity contribution in [1.82, 2.24) is 10.3 Å². The average molecular weight is 460 g/mol. The Labute approximate surface area is 187 Å². The lowest BCUT2D eigenvalue weighted by molar-refractivity contribution is 0.585. The van der Waals surface area contributed by atoms with Crippen molar-refractivity contribution in [2.45, 2.75) is 6.54 Å². The molecule has 4 rings (SSSR count). The Hall–Kier alpha value is -1.27. The highest BCUT2D eigenvalue weighted by Crippen LogP contribution is 2.33. The van der Waals surface area contributed by atoms with Gasteiger partial charge in [-0.05, 0) is 41.5 Å². The molecule has 1 aromatic heterocycles. The van der Waals surface area contributed by atoms with Crippen LogP contribution in [0.25, 0.3) is 22.0 Å². The van der Waals surface area contributed by atoms with Gasteiger partial charge in [-0.15, -0.1) is 24.8 Å². The predicted molar refractivity (Wildman–Crippen MR) is 125 cm³/mol. The third-order valence-electron chi connectivity index (χ3n) is 4.74. The standard InChI is InChI=1S/C20H20Cl2N4.2ClH/c21-17-3-1-13(12-23)9-16(17)14-2-4-19-15(10-14)11-18(22)20(25-19)26-7-5-24-6-8-26;;/h1-4,9-11,24H,5-8,12,23H2;2*1H. The molecule has 0 atom stereocenters. The Bertz CT molecular complexity index is 958. The van der Waals surface area contributed by atoms with Crippen molar-refractivity contribution >= 4 is 64.7 Å². The molecule has 1 aliphatic rings. The minimum Gasteiger partial charge on any atom is -0.353 e. The molecule has 3 aromatic rings. The van der Waals surface area contributed by atoms with E-state index >= 15 is 0 Å². The zero-order chi connectivity index (χ0) is 18.1. The van der Waals surface area contributed by atoms with E-state index in [0.29, 0.717) is 16.6 Å². The van der Waals surface area contributed by atoms with Crippen molar-refractivity contribution in [2.75, 3.05) is 31.1 Å². The van der Waals surface area contributed by atoms with E-state index in [-0.39, 0.29) is 24.8 Å². The second-order valence-corrected chi connectivity index (χ2v) is 7.27. The monoisotopic (exact) mass is 458 g/mol. The van der Waals surface area contributed by atoms with E-state index in [1.807, 2.05) is 36.4 Å². The summed E-state index contributed by atoms with van der Waals surface area (Å²) in [5.74, 6) is 0.858. The average Bonchev–Trinajstić information content (AvgIpc) is 2.68. The van der Waals surface area contributed by atoms with E-state index in [1.165, 1.54) is 0 Å². The second kappa shape index (κ2) is 9.97. The molecule has 0 amide bonds.